The largest absolute Gasteiger partial charge is 0.454 e. The lowest BCUT2D eigenvalue weighted by atomic mass is 10.0. The SMILES string of the molecule is CC(=O)c1cccc(NC(=O)COC(=O)[C@@H](NC(=O)c2ccccc2C)C(C)C)c1. The lowest BCUT2D eigenvalue weighted by molar-refractivity contribution is -0.150. The number of aryl methyl sites for hydroxylation is 1. The molecule has 0 spiro atoms. The van der Waals surface area contributed by atoms with Crippen LogP contribution in [-0.4, -0.2) is 36.2 Å². The Morgan fingerprint density at radius 3 is 2.33 bits per heavy atom. The Balaban J connectivity index is 1.96. The summed E-state index contributed by atoms with van der Waals surface area (Å²) in [5, 5.41) is 5.26. The zero-order chi connectivity index (χ0) is 22.3. The van der Waals surface area contributed by atoms with Crippen molar-refractivity contribution in [3.05, 3.63) is 65.2 Å². The molecule has 0 heterocycles. The van der Waals surface area contributed by atoms with Crippen LogP contribution >= 0.6 is 0 Å². The summed E-state index contributed by atoms with van der Waals surface area (Å²) >= 11 is 0. The second kappa shape index (κ2) is 10.3. The number of carbonyl (C=O) groups excluding carboxylic acids is 4. The number of anilines is 1. The van der Waals surface area contributed by atoms with Crippen molar-refractivity contribution in [3.63, 3.8) is 0 Å². The first-order valence-corrected chi connectivity index (χ1v) is 9.63. The van der Waals surface area contributed by atoms with E-state index < -0.39 is 24.5 Å². The second-order valence-corrected chi connectivity index (χ2v) is 7.30. The van der Waals surface area contributed by atoms with E-state index in [1.54, 1.807) is 50.2 Å². The third-order valence-electron chi connectivity index (χ3n) is 4.50. The van der Waals surface area contributed by atoms with Crippen molar-refractivity contribution in [1.29, 1.82) is 0 Å². The van der Waals surface area contributed by atoms with Gasteiger partial charge >= 0.3 is 5.97 Å². The van der Waals surface area contributed by atoms with Crippen LogP contribution < -0.4 is 10.6 Å². The number of amides is 2. The number of esters is 1. The number of hydrogen-bond acceptors (Lipinski definition) is 5. The van der Waals surface area contributed by atoms with Crippen LogP contribution in [0.25, 0.3) is 0 Å². The average molecular weight is 410 g/mol. The third kappa shape index (κ3) is 6.27. The molecule has 0 saturated carbocycles. The predicted molar refractivity (Wildman–Crippen MR) is 113 cm³/mol. The van der Waals surface area contributed by atoms with E-state index in [2.05, 4.69) is 10.6 Å². The van der Waals surface area contributed by atoms with Gasteiger partial charge in [-0.15, -0.1) is 0 Å². The number of hydrogen-bond donors (Lipinski definition) is 2. The fraction of sp³-hybridized carbons (Fsp3) is 0.304. The van der Waals surface area contributed by atoms with E-state index in [0.717, 1.165) is 5.56 Å². The smallest absolute Gasteiger partial charge is 0.329 e. The first-order chi connectivity index (χ1) is 14.2. The minimum atomic E-state index is -0.897. The molecule has 0 aliphatic carbocycles. The van der Waals surface area contributed by atoms with E-state index in [4.69, 9.17) is 4.74 Å². The van der Waals surface area contributed by atoms with Gasteiger partial charge in [-0.2, -0.15) is 0 Å². The van der Waals surface area contributed by atoms with Gasteiger partial charge in [-0.3, -0.25) is 14.4 Å². The molecule has 158 valence electrons. The normalized spacial score (nSPS) is 11.5. The summed E-state index contributed by atoms with van der Waals surface area (Å²) in [5.74, 6) is -1.98. The quantitative estimate of drug-likeness (QED) is 0.514. The van der Waals surface area contributed by atoms with Crippen molar-refractivity contribution in [1.82, 2.24) is 5.32 Å². The maximum Gasteiger partial charge on any atom is 0.329 e. The van der Waals surface area contributed by atoms with Crippen LogP contribution in [0.4, 0.5) is 5.69 Å². The minimum absolute atomic E-state index is 0.123. The fourth-order valence-corrected chi connectivity index (χ4v) is 2.78. The molecule has 2 N–H and O–H groups in total. The minimum Gasteiger partial charge on any atom is -0.454 e. The number of rotatable bonds is 8. The van der Waals surface area contributed by atoms with Gasteiger partial charge in [0, 0.05) is 16.8 Å². The van der Waals surface area contributed by atoms with Crippen LogP contribution in [0.5, 0.6) is 0 Å². The standard InChI is InChI=1S/C23H26N2O5/c1-14(2)21(25-22(28)19-11-6-5-8-15(19)3)23(29)30-13-20(27)24-18-10-7-9-17(12-18)16(4)26/h5-12,14,21H,13H2,1-4H3,(H,24,27)(H,25,28)/t21-/m0/s1. The van der Waals surface area contributed by atoms with Gasteiger partial charge in [-0.05, 0) is 43.5 Å². The fourth-order valence-electron chi connectivity index (χ4n) is 2.78. The highest BCUT2D eigenvalue weighted by Crippen LogP contribution is 2.12. The molecule has 7 heteroatoms. The van der Waals surface area contributed by atoms with E-state index in [-0.39, 0.29) is 17.6 Å². The van der Waals surface area contributed by atoms with E-state index in [0.29, 0.717) is 16.8 Å². The molecule has 2 amide bonds. The summed E-state index contributed by atoms with van der Waals surface area (Å²) in [6.07, 6.45) is 0. The number of Topliss-reactive ketones (excluding diaryl/α,β-unsaturated/α-hetero) is 1. The average Bonchev–Trinajstić information content (AvgIpc) is 2.70. The highest BCUT2D eigenvalue weighted by atomic mass is 16.5. The molecule has 7 nitrogen and oxygen atoms in total. The topological polar surface area (TPSA) is 102 Å². The summed E-state index contributed by atoms with van der Waals surface area (Å²) in [6, 6.07) is 12.6. The van der Waals surface area contributed by atoms with Crippen LogP contribution in [0.15, 0.2) is 48.5 Å². The van der Waals surface area contributed by atoms with Gasteiger partial charge in [-0.1, -0.05) is 44.2 Å². The van der Waals surface area contributed by atoms with Crippen molar-refractivity contribution >= 4 is 29.3 Å². The monoisotopic (exact) mass is 410 g/mol. The molecule has 2 aromatic rings. The summed E-state index contributed by atoms with van der Waals surface area (Å²) < 4.78 is 5.11. The Morgan fingerprint density at radius 2 is 1.70 bits per heavy atom. The Morgan fingerprint density at radius 1 is 1.00 bits per heavy atom. The molecule has 2 rings (SSSR count). The van der Waals surface area contributed by atoms with Crippen LogP contribution in [0.1, 0.15) is 47.1 Å². The van der Waals surface area contributed by atoms with Crippen molar-refractivity contribution in [3.8, 4) is 0 Å². The molecule has 0 bridgehead atoms. The maximum absolute atomic E-state index is 12.5. The summed E-state index contributed by atoms with van der Waals surface area (Å²) in [7, 11) is 0. The zero-order valence-electron chi connectivity index (χ0n) is 17.5. The van der Waals surface area contributed by atoms with E-state index >= 15 is 0 Å². The molecule has 0 aromatic heterocycles. The molecule has 0 fully saturated rings. The zero-order valence-corrected chi connectivity index (χ0v) is 17.5. The predicted octanol–water partition coefficient (Wildman–Crippen LogP) is 3.13. The molecule has 0 saturated heterocycles. The van der Waals surface area contributed by atoms with Gasteiger partial charge in [0.15, 0.2) is 12.4 Å². The third-order valence-corrected chi connectivity index (χ3v) is 4.50. The molecule has 1 atom stereocenters. The molecule has 30 heavy (non-hydrogen) atoms. The lowest BCUT2D eigenvalue weighted by Gasteiger charge is -2.21. The first kappa shape index (κ1) is 22.8. The van der Waals surface area contributed by atoms with E-state index in [1.807, 2.05) is 19.1 Å². The van der Waals surface area contributed by atoms with Crippen LogP contribution in [0.3, 0.4) is 0 Å². The Hall–Kier alpha value is -3.48. The summed E-state index contributed by atoms with van der Waals surface area (Å²) in [4.78, 5) is 48.6. The van der Waals surface area contributed by atoms with E-state index in [1.165, 1.54) is 6.92 Å². The summed E-state index contributed by atoms with van der Waals surface area (Å²) in [5.41, 5.74) is 2.15. The van der Waals surface area contributed by atoms with Gasteiger partial charge < -0.3 is 15.4 Å². The van der Waals surface area contributed by atoms with Crippen molar-refractivity contribution in [2.75, 3.05) is 11.9 Å². The Labute approximate surface area is 175 Å². The molecular formula is C23H26N2O5. The van der Waals surface area contributed by atoms with Gasteiger partial charge in [0.05, 0.1) is 0 Å². The summed E-state index contributed by atoms with van der Waals surface area (Å²) in [6.45, 7) is 6.28. The number of nitrogens with one attached hydrogen (secondary N) is 2. The Kier molecular flexibility index (Phi) is 7.86. The van der Waals surface area contributed by atoms with Gasteiger partial charge in [0.1, 0.15) is 6.04 Å². The van der Waals surface area contributed by atoms with Crippen molar-refractivity contribution < 1.29 is 23.9 Å². The molecule has 0 radical (unpaired) electrons. The van der Waals surface area contributed by atoms with Crippen LogP contribution in [-0.2, 0) is 14.3 Å². The number of ketones is 1. The highest BCUT2D eigenvalue weighted by Gasteiger charge is 2.27. The Bertz CT molecular complexity index is 952. The molecule has 0 aliphatic heterocycles. The molecule has 0 aliphatic rings. The molecule has 0 unspecified atom stereocenters. The maximum atomic E-state index is 12.5. The lowest BCUT2D eigenvalue weighted by Crippen LogP contribution is -2.46. The van der Waals surface area contributed by atoms with Crippen LogP contribution in [0, 0.1) is 12.8 Å². The first-order valence-electron chi connectivity index (χ1n) is 9.63. The van der Waals surface area contributed by atoms with Crippen molar-refractivity contribution in [2.24, 2.45) is 5.92 Å². The van der Waals surface area contributed by atoms with Gasteiger partial charge in [0.2, 0.25) is 0 Å². The highest BCUT2D eigenvalue weighted by molar-refractivity contribution is 5.99. The van der Waals surface area contributed by atoms with Crippen molar-refractivity contribution in [2.45, 2.75) is 33.7 Å². The molecular weight excluding hydrogens is 384 g/mol. The van der Waals surface area contributed by atoms with Gasteiger partial charge in [-0.25, -0.2) is 4.79 Å². The molecule has 2 aromatic carbocycles. The van der Waals surface area contributed by atoms with Crippen LogP contribution in [0.2, 0.25) is 0 Å². The van der Waals surface area contributed by atoms with E-state index in [9.17, 15) is 19.2 Å². The number of ether oxygens (including phenoxy) is 1. The van der Waals surface area contributed by atoms with Gasteiger partial charge in [0.25, 0.3) is 11.8 Å². The number of carbonyl (C=O) groups is 4. The number of benzene rings is 2. The second-order valence-electron chi connectivity index (χ2n) is 7.30.